The lowest BCUT2D eigenvalue weighted by molar-refractivity contribution is -0.954. The molecular formula is C19H26BrNO4. The molecule has 5 nitrogen and oxygen atoms in total. The SMILES string of the molecule is CC[N+]1(C)[C@@H]2CC(OC(=O)C(CO)c3ccccc3)C[C@H]1[C@H]1O[C@H]12.[Br-]. The van der Waals surface area contributed by atoms with E-state index >= 15 is 0 Å². The van der Waals surface area contributed by atoms with Crippen LogP contribution in [0.25, 0.3) is 0 Å². The van der Waals surface area contributed by atoms with Gasteiger partial charge in [0.2, 0.25) is 0 Å². The number of rotatable bonds is 5. The van der Waals surface area contributed by atoms with Gasteiger partial charge in [-0.15, -0.1) is 0 Å². The number of carbonyl (C=O) groups is 1. The number of nitrogens with zero attached hydrogens (tertiary/aromatic N) is 1. The van der Waals surface area contributed by atoms with Crippen LogP contribution in [0.4, 0.5) is 0 Å². The number of epoxide rings is 1. The normalized spacial score (nSPS) is 39.1. The minimum Gasteiger partial charge on any atom is -1.00 e. The number of morpholine rings is 1. The molecule has 0 spiro atoms. The van der Waals surface area contributed by atoms with Gasteiger partial charge in [0.25, 0.3) is 0 Å². The second kappa shape index (κ2) is 6.99. The first-order chi connectivity index (χ1) is 11.6. The van der Waals surface area contributed by atoms with E-state index in [0.29, 0.717) is 24.3 Å². The van der Waals surface area contributed by atoms with Crippen molar-refractivity contribution in [3.8, 4) is 0 Å². The fourth-order valence-corrected chi connectivity index (χ4v) is 4.87. The van der Waals surface area contributed by atoms with Gasteiger partial charge in [0.1, 0.15) is 36.3 Å². The molecule has 3 aliphatic rings. The molecule has 3 unspecified atom stereocenters. The van der Waals surface area contributed by atoms with Crippen LogP contribution in [0.2, 0.25) is 0 Å². The van der Waals surface area contributed by atoms with Gasteiger partial charge in [0, 0.05) is 12.8 Å². The van der Waals surface area contributed by atoms with Crippen molar-refractivity contribution in [2.45, 2.75) is 56.1 Å². The number of benzene rings is 1. The predicted molar refractivity (Wildman–Crippen MR) is 88.3 cm³/mol. The molecule has 138 valence electrons. The monoisotopic (exact) mass is 411 g/mol. The molecule has 0 aliphatic carbocycles. The van der Waals surface area contributed by atoms with E-state index in [0.717, 1.165) is 29.4 Å². The van der Waals surface area contributed by atoms with Gasteiger partial charge in [-0.1, -0.05) is 30.3 Å². The second-order valence-corrected chi connectivity index (χ2v) is 7.54. The molecule has 3 saturated heterocycles. The Labute approximate surface area is 159 Å². The zero-order chi connectivity index (χ0) is 16.9. The van der Waals surface area contributed by atoms with Gasteiger partial charge in [-0.05, 0) is 12.5 Å². The predicted octanol–water partition coefficient (Wildman–Crippen LogP) is -1.54. The highest BCUT2D eigenvalue weighted by molar-refractivity contribution is 5.78. The van der Waals surface area contributed by atoms with Crippen LogP contribution < -0.4 is 17.0 Å². The molecule has 7 atom stereocenters. The van der Waals surface area contributed by atoms with E-state index in [9.17, 15) is 9.90 Å². The number of fused-ring (bicyclic) bond motifs is 5. The molecule has 3 fully saturated rings. The average Bonchev–Trinajstić information content (AvgIpc) is 3.35. The zero-order valence-corrected chi connectivity index (χ0v) is 16.3. The topological polar surface area (TPSA) is 59.1 Å². The number of aliphatic hydroxyl groups excluding tert-OH is 1. The van der Waals surface area contributed by atoms with Crippen LogP contribution in [0.15, 0.2) is 30.3 Å². The first-order valence-corrected chi connectivity index (χ1v) is 8.95. The quantitative estimate of drug-likeness (QED) is 0.362. The third-order valence-electron chi connectivity index (χ3n) is 6.48. The maximum Gasteiger partial charge on any atom is 0.316 e. The number of quaternary nitrogens is 1. The third kappa shape index (κ3) is 3.03. The van der Waals surface area contributed by atoms with Crippen LogP contribution in [0, 0.1) is 0 Å². The first-order valence-electron chi connectivity index (χ1n) is 8.95. The Bertz CT molecular complexity index is 607. The van der Waals surface area contributed by atoms with Crippen molar-refractivity contribution in [2.75, 3.05) is 20.2 Å². The zero-order valence-electron chi connectivity index (χ0n) is 14.7. The summed E-state index contributed by atoms with van der Waals surface area (Å²) in [5, 5.41) is 9.64. The number of hydrogen-bond acceptors (Lipinski definition) is 4. The summed E-state index contributed by atoms with van der Waals surface area (Å²) in [4.78, 5) is 12.6. The number of ether oxygens (including phenoxy) is 2. The van der Waals surface area contributed by atoms with Gasteiger partial charge in [-0.25, -0.2) is 0 Å². The van der Waals surface area contributed by atoms with E-state index in [4.69, 9.17) is 9.47 Å². The van der Waals surface area contributed by atoms with Crippen LogP contribution >= 0.6 is 0 Å². The van der Waals surface area contributed by atoms with Gasteiger partial charge < -0.3 is 36.0 Å². The Balaban J connectivity index is 0.00000182. The summed E-state index contributed by atoms with van der Waals surface area (Å²) in [6.07, 6.45) is 2.37. The fraction of sp³-hybridized carbons (Fsp3) is 0.632. The molecule has 3 heterocycles. The van der Waals surface area contributed by atoms with Gasteiger partial charge in [-0.3, -0.25) is 4.79 Å². The third-order valence-corrected chi connectivity index (χ3v) is 6.48. The Morgan fingerprint density at radius 1 is 1.28 bits per heavy atom. The molecule has 0 radical (unpaired) electrons. The van der Waals surface area contributed by atoms with E-state index < -0.39 is 5.92 Å². The van der Waals surface area contributed by atoms with Crippen molar-refractivity contribution in [3.63, 3.8) is 0 Å². The highest BCUT2D eigenvalue weighted by atomic mass is 79.9. The molecule has 25 heavy (non-hydrogen) atoms. The van der Waals surface area contributed by atoms with Gasteiger partial charge in [0.05, 0.1) is 20.2 Å². The Kier molecular flexibility index (Phi) is 5.26. The lowest BCUT2D eigenvalue weighted by atomic mass is 9.95. The summed E-state index contributed by atoms with van der Waals surface area (Å²) < 4.78 is 12.7. The van der Waals surface area contributed by atoms with Crippen molar-refractivity contribution in [1.29, 1.82) is 0 Å². The summed E-state index contributed by atoms with van der Waals surface area (Å²) >= 11 is 0. The summed E-state index contributed by atoms with van der Waals surface area (Å²) in [7, 11) is 2.31. The van der Waals surface area contributed by atoms with Crippen LogP contribution in [-0.2, 0) is 14.3 Å². The number of carbonyl (C=O) groups excluding carboxylic acids is 1. The highest BCUT2D eigenvalue weighted by Crippen LogP contribution is 2.52. The van der Waals surface area contributed by atoms with Crippen molar-refractivity contribution >= 4 is 5.97 Å². The number of aliphatic hydroxyl groups is 1. The number of likely N-dealkylation sites (N-methyl/N-ethyl adjacent to an activating group) is 1. The minimum absolute atomic E-state index is 0. The van der Waals surface area contributed by atoms with E-state index in [2.05, 4.69) is 14.0 Å². The number of halogens is 1. The standard InChI is InChI=1S/C19H26NO4.BrH/c1-3-20(2)15-9-13(10-16(20)18-17(15)24-18)23-19(22)14(11-21)12-7-5-4-6-8-12;/h4-8,13-18,21H,3,9-11H2,1-2H3;1H/q+1;/p-1/t13?,14?,15-,16+,17+,18-,20?;. The molecule has 2 bridgehead atoms. The molecule has 3 aliphatic heterocycles. The molecule has 1 N–H and O–H groups in total. The van der Waals surface area contributed by atoms with Crippen LogP contribution in [0.5, 0.6) is 0 Å². The van der Waals surface area contributed by atoms with Crippen molar-refractivity contribution in [3.05, 3.63) is 35.9 Å². The Hall–Kier alpha value is -0.950. The highest BCUT2D eigenvalue weighted by Gasteiger charge is 2.71. The average molecular weight is 412 g/mol. The summed E-state index contributed by atoms with van der Waals surface area (Å²) in [6, 6.07) is 10.2. The lowest BCUT2D eigenvalue weighted by Gasteiger charge is -2.47. The van der Waals surface area contributed by atoms with Crippen molar-refractivity contribution in [1.82, 2.24) is 0 Å². The minimum atomic E-state index is -0.594. The molecule has 0 saturated carbocycles. The largest absolute Gasteiger partial charge is 1.00 e. The smallest absolute Gasteiger partial charge is 0.316 e. The number of hydrogen-bond donors (Lipinski definition) is 1. The summed E-state index contributed by atoms with van der Waals surface area (Å²) in [5.41, 5.74) is 0.809. The molecule has 1 aromatic rings. The van der Waals surface area contributed by atoms with E-state index in [1.165, 1.54) is 0 Å². The van der Waals surface area contributed by atoms with E-state index in [1.807, 2.05) is 30.3 Å². The number of piperidine rings is 1. The summed E-state index contributed by atoms with van der Waals surface area (Å²) in [6.45, 7) is 3.10. The fourth-order valence-electron chi connectivity index (χ4n) is 4.87. The van der Waals surface area contributed by atoms with Crippen LogP contribution in [0.3, 0.4) is 0 Å². The van der Waals surface area contributed by atoms with Gasteiger partial charge in [-0.2, -0.15) is 0 Å². The first kappa shape index (κ1) is 18.8. The van der Waals surface area contributed by atoms with Crippen molar-refractivity contribution in [2.24, 2.45) is 0 Å². The maximum absolute atomic E-state index is 12.6. The maximum atomic E-state index is 12.6. The lowest BCUT2D eigenvalue weighted by Crippen LogP contribution is -3.00. The Morgan fingerprint density at radius 2 is 1.88 bits per heavy atom. The molecule has 0 amide bonds. The Morgan fingerprint density at radius 3 is 2.40 bits per heavy atom. The van der Waals surface area contributed by atoms with E-state index in [-0.39, 0.29) is 35.7 Å². The summed E-state index contributed by atoms with van der Waals surface area (Å²) in [5.74, 6) is -0.904. The van der Waals surface area contributed by atoms with Crippen LogP contribution in [-0.4, -0.2) is 66.2 Å². The molecule has 6 heteroatoms. The van der Waals surface area contributed by atoms with E-state index in [1.54, 1.807) is 0 Å². The van der Waals surface area contributed by atoms with Gasteiger partial charge >= 0.3 is 5.97 Å². The van der Waals surface area contributed by atoms with Crippen LogP contribution in [0.1, 0.15) is 31.2 Å². The van der Waals surface area contributed by atoms with Gasteiger partial charge in [0.15, 0.2) is 0 Å². The molecule has 0 aromatic heterocycles. The molecule has 4 rings (SSSR count). The molecular weight excluding hydrogens is 386 g/mol. The van der Waals surface area contributed by atoms with Crippen molar-refractivity contribution < 1.29 is 40.8 Å². The number of esters is 1. The second-order valence-electron chi connectivity index (χ2n) is 7.54. The molecule has 1 aromatic carbocycles.